The molecule has 0 saturated carbocycles. The molecule has 0 rings (SSSR count). The Morgan fingerprint density at radius 2 is 1.75 bits per heavy atom. The summed E-state index contributed by atoms with van der Waals surface area (Å²) in [6.45, 7) is 3.40. The second kappa shape index (κ2) is 8.93. The minimum atomic E-state index is 0.250. The average Bonchev–Trinajstić information content (AvgIpc) is 2.05. The third-order valence-electron chi connectivity index (χ3n) is 1.79. The SMILES string of the molecule is NCCCNCCC(N)CCN. The Morgan fingerprint density at radius 1 is 1.00 bits per heavy atom. The fourth-order valence-corrected chi connectivity index (χ4v) is 0.998. The van der Waals surface area contributed by atoms with Crippen LogP contribution in [0, 0.1) is 0 Å². The molecule has 0 radical (unpaired) electrons. The lowest BCUT2D eigenvalue weighted by molar-refractivity contribution is 0.534. The molecule has 7 N–H and O–H groups in total. The van der Waals surface area contributed by atoms with Gasteiger partial charge in [-0.05, 0) is 45.4 Å². The van der Waals surface area contributed by atoms with Crippen molar-refractivity contribution in [1.29, 1.82) is 0 Å². The molecule has 0 aromatic rings. The second-order valence-electron chi connectivity index (χ2n) is 3.02. The first-order valence-electron chi connectivity index (χ1n) is 4.67. The molecule has 0 aliphatic rings. The van der Waals surface area contributed by atoms with Crippen LogP contribution < -0.4 is 22.5 Å². The molecule has 0 aliphatic carbocycles. The highest BCUT2D eigenvalue weighted by molar-refractivity contribution is 4.63. The third-order valence-corrected chi connectivity index (χ3v) is 1.79. The predicted molar refractivity (Wildman–Crippen MR) is 52.8 cm³/mol. The normalized spacial score (nSPS) is 13.2. The van der Waals surface area contributed by atoms with Gasteiger partial charge in [-0.2, -0.15) is 0 Å². The summed E-state index contributed by atoms with van der Waals surface area (Å²) in [5, 5.41) is 3.27. The average molecular weight is 174 g/mol. The molecule has 0 spiro atoms. The van der Waals surface area contributed by atoms with Crippen molar-refractivity contribution in [2.75, 3.05) is 26.2 Å². The summed E-state index contributed by atoms with van der Waals surface area (Å²) in [6, 6.07) is 0.250. The molecule has 0 fully saturated rings. The standard InChI is InChI=1S/C8H22N4/c9-4-1-6-12-7-3-8(11)2-5-10/h8,12H,1-7,9-11H2. The van der Waals surface area contributed by atoms with Gasteiger partial charge in [0.2, 0.25) is 0 Å². The van der Waals surface area contributed by atoms with Gasteiger partial charge in [-0.1, -0.05) is 0 Å². The van der Waals surface area contributed by atoms with E-state index in [4.69, 9.17) is 17.2 Å². The van der Waals surface area contributed by atoms with Crippen molar-refractivity contribution in [2.45, 2.75) is 25.3 Å². The van der Waals surface area contributed by atoms with E-state index in [1.54, 1.807) is 0 Å². The summed E-state index contributed by atoms with van der Waals surface area (Å²) in [5.41, 5.74) is 16.5. The van der Waals surface area contributed by atoms with Gasteiger partial charge in [0, 0.05) is 6.04 Å². The first-order chi connectivity index (χ1) is 5.81. The van der Waals surface area contributed by atoms with Gasteiger partial charge >= 0.3 is 0 Å². The Balaban J connectivity index is 2.97. The first-order valence-corrected chi connectivity index (χ1v) is 4.67. The fourth-order valence-electron chi connectivity index (χ4n) is 0.998. The highest BCUT2D eigenvalue weighted by atomic mass is 14.9. The van der Waals surface area contributed by atoms with E-state index >= 15 is 0 Å². The van der Waals surface area contributed by atoms with Crippen LogP contribution in [0.2, 0.25) is 0 Å². The molecule has 0 amide bonds. The number of nitrogens with one attached hydrogen (secondary N) is 1. The van der Waals surface area contributed by atoms with Crippen LogP contribution in [-0.2, 0) is 0 Å². The number of hydrogen-bond acceptors (Lipinski definition) is 4. The van der Waals surface area contributed by atoms with Crippen LogP contribution in [0.4, 0.5) is 0 Å². The highest BCUT2D eigenvalue weighted by Gasteiger charge is 1.98. The Hall–Kier alpha value is -0.160. The maximum Gasteiger partial charge on any atom is 0.00629 e. The largest absolute Gasteiger partial charge is 0.330 e. The summed E-state index contributed by atoms with van der Waals surface area (Å²) in [7, 11) is 0. The van der Waals surface area contributed by atoms with E-state index < -0.39 is 0 Å². The van der Waals surface area contributed by atoms with E-state index in [-0.39, 0.29) is 6.04 Å². The summed E-state index contributed by atoms with van der Waals surface area (Å²) >= 11 is 0. The Kier molecular flexibility index (Phi) is 8.81. The molecule has 4 nitrogen and oxygen atoms in total. The van der Waals surface area contributed by atoms with Crippen LogP contribution in [0.3, 0.4) is 0 Å². The Labute approximate surface area is 74.9 Å². The van der Waals surface area contributed by atoms with E-state index in [1.807, 2.05) is 0 Å². The number of rotatable bonds is 8. The van der Waals surface area contributed by atoms with Crippen LogP contribution in [0.5, 0.6) is 0 Å². The van der Waals surface area contributed by atoms with E-state index in [0.29, 0.717) is 6.54 Å². The van der Waals surface area contributed by atoms with Crippen LogP contribution in [0.15, 0.2) is 0 Å². The summed E-state index contributed by atoms with van der Waals surface area (Å²) in [5.74, 6) is 0. The molecule has 74 valence electrons. The molecule has 1 unspecified atom stereocenters. The minimum absolute atomic E-state index is 0.250. The molecule has 12 heavy (non-hydrogen) atoms. The van der Waals surface area contributed by atoms with Gasteiger partial charge in [-0.15, -0.1) is 0 Å². The predicted octanol–water partition coefficient (Wildman–Crippen LogP) is -1.01. The van der Waals surface area contributed by atoms with Gasteiger partial charge in [-0.3, -0.25) is 0 Å². The van der Waals surface area contributed by atoms with Crippen molar-refractivity contribution in [3.63, 3.8) is 0 Å². The van der Waals surface area contributed by atoms with E-state index in [1.165, 1.54) is 0 Å². The molecular formula is C8H22N4. The van der Waals surface area contributed by atoms with E-state index in [2.05, 4.69) is 5.32 Å². The molecule has 1 atom stereocenters. The summed E-state index contributed by atoms with van der Waals surface area (Å²) < 4.78 is 0. The number of nitrogens with two attached hydrogens (primary N) is 3. The lowest BCUT2D eigenvalue weighted by Gasteiger charge is -2.10. The lowest BCUT2D eigenvalue weighted by Crippen LogP contribution is -2.29. The molecule has 0 bridgehead atoms. The Bertz CT molecular complexity index is 87.1. The van der Waals surface area contributed by atoms with Crippen molar-refractivity contribution < 1.29 is 0 Å². The van der Waals surface area contributed by atoms with Crippen molar-refractivity contribution >= 4 is 0 Å². The first kappa shape index (κ1) is 11.8. The summed E-state index contributed by atoms with van der Waals surface area (Å²) in [6.07, 6.45) is 2.95. The van der Waals surface area contributed by atoms with Crippen LogP contribution in [-0.4, -0.2) is 32.2 Å². The van der Waals surface area contributed by atoms with Crippen molar-refractivity contribution in [3.8, 4) is 0 Å². The van der Waals surface area contributed by atoms with Gasteiger partial charge in [0.05, 0.1) is 0 Å². The highest BCUT2D eigenvalue weighted by Crippen LogP contribution is 1.90. The third kappa shape index (κ3) is 7.94. The molecule has 0 aliphatic heterocycles. The zero-order chi connectivity index (χ0) is 9.23. The van der Waals surface area contributed by atoms with Gasteiger partial charge in [0.1, 0.15) is 0 Å². The molecule has 0 heterocycles. The fraction of sp³-hybridized carbons (Fsp3) is 1.00. The van der Waals surface area contributed by atoms with Crippen molar-refractivity contribution in [2.24, 2.45) is 17.2 Å². The van der Waals surface area contributed by atoms with Gasteiger partial charge in [0.25, 0.3) is 0 Å². The quantitative estimate of drug-likeness (QED) is 0.355. The van der Waals surface area contributed by atoms with Gasteiger partial charge in [0.15, 0.2) is 0 Å². The smallest absolute Gasteiger partial charge is 0.00629 e. The van der Waals surface area contributed by atoms with Crippen LogP contribution >= 0.6 is 0 Å². The Morgan fingerprint density at radius 3 is 2.33 bits per heavy atom. The van der Waals surface area contributed by atoms with Crippen LogP contribution in [0.25, 0.3) is 0 Å². The topological polar surface area (TPSA) is 90.1 Å². The monoisotopic (exact) mass is 174 g/mol. The molecular weight excluding hydrogens is 152 g/mol. The van der Waals surface area contributed by atoms with Crippen molar-refractivity contribution in [3.05, 3.63) is 0 Å². The summed E-state index contributed by atoms with van der Waals surface area (Å²) in [4.78, 5) is 0. The van der Waals surface area contributed by atoms with E-state index in [9.17, 15) is 0 Å². The zero-order valence-corrected chi connectivity index (χ0v) is 7.76. The van der Waals surface area contributed by atoms with Crippen LogP contribution in [0.1, 0.15) is 19.3 Å². The molecule has 0 aromatic heterocycles. The molecule has 0 saturated heterocycles. The van der Waals surface area contributed by atoms with E-state index in [0.717, 1.165) is 38.9 Å². The minimum Gasteiger partial charge on any atom is -0.330 e. The van der Waals surface area contributed by atoms with Gasteiger partial charge < -0.3 is 22.5 Å². The van der Waals surface area contributed by atoms with Gasteiger partial charge in [-0.25, -0.2) is 0 Å². The number of hydrogen-bond donors (Lipinski definition) is 4. The van der Waals surface area contributed by atoms with Crippen molar-refractivity contribution in [1.82, 2.24) is 5.32 Å². The maximum atomic E-state index is 5.75. The lowest BCUT2D eigenvalue weighted by atomic mass is 10.1. The molecule has 0 aromatic carbocycles. The second-order valence-corrected chi connectivity index (χ2v) is 3.02. The zero-order valence-electron chi connectivity index (χ0n) is 7.76. The maximum absolute atomic E-state index is 5.75. The molecule has 4 heteroatoms.